The largest absolute Gasteiger partial charge is 0.504 e. The molecular weight excluding hydrogens is 298 g/mol. The summed E-state index contributed by atoms with van der Waals surface area (Å²) in [6, 6.07) is 6.67. The maximum absolute atomic E-state index is 9.43. The van der Waals surface area contributed by atoms with E-state index < -0.39 is 0 Å². The van der Waals surface area contributed by atoms with E-state index in [0.29, 0.717) is 16.7 Å². The molecule has 6 nitrogen and oxygen atoms in total. The SMILES string of the molecule is CC.CC.Oc1ccc(-c2nc3cc(O)c(O)cc3o2)cc1O. The van der Waals surface area contributed by atoms with Crippen molar-refractivity contribution in [3.8, 4) is 34.5 Å². The number of rotatable bonds is 1. The molecular formula is C17H21NO5. The summed E-state index contributed by atoms with van der Waals surface area (Å²) in [5.41, 5.74) is 1.14. The van der Waals surface area contributed by atoms with Crippen molar-refractivity contribution >= 4 is 11.1 Å². The molecule has 1 heterocycles. The summed E-state index contributed by atoms with van der Waals surface area (Å²) < 4.78 is 5.41. The highest BCUT2D eigenvalue weighted by Gasteiger charge is 2.12. The van der Waals surface area contributed by atoms with Gasteiger partial charge in [-0.05, 0) is 18.2 Å². The minimum Gasteiger partial charge on any atom is -0.504 e. The summed E-state index contributed by atoms with van der Waals surface area (Å²) in [6.45, 7) is 8.00. The van der Waals surface area contributed by atoms with Gasteiger partial charge in [-0.2, -0.15) is 0 Å². The number of hydrogen-bond acceptors (Lipinski definition) is 6. The minimum absolute atomic E-state index is 0.204. The van der Waals surface area contributed by atoms with Crippen LogP contribution in [0.1, 0.15) is 27.7 Å². The highest BCUT2D eigenvalue weighted by Crippen LogP contribution is 2.35. The summed E-state index contributed by atoms with van der Waals surface area (Å²) >= 11 is 0. The quantitative estimate of drug-likeness (QED) is 0.496. The van der Waals surface area contributed by atoms with E-state index in [1.165, 1.54) is 30.3 Å². The van der Waals surface area contributed by atoms with Gasteiger partial charge in [0, 0.05) is 17.7 Å². The second kappa shape index (κ2) is 7.93. The van der Waals surface area contributed by atoms with Gasteiger partial charge in [-0.15, -0.1) is 0 Å². The molecule has 0 fully saturated rings. The lowest BCUT2D eigenvalue weighted by Gasteiger charge is -1.98. The van der Waals surface area contributed by atoms with Crippen molar-refractivity contribution in [2.75, 3.05) is 0 Å². The topological polar surface area (TPSA) is 107 Å². The summed E-state index contributed by atoms with van der Waals surface area (Å²) in [6.07, 6.45) is 0. The number of benzene rings is 2. The van der Waals surface area contributed by atoms with Crippen molar-refractivity contribution in [3.05, 3.63) is 30.3 Å². The van der Waals surface area contributed by atoms with Crippen LogP contribution >= 0.6 is 0 Å². The van der Waals surface area contributed by atoms with Gasteiger partial charge in [-0.1, -0.05) is 27.7 Å². The first-order valence-electron chi connectivity index (χ1n) is 7.39. The average molecular weight is 319 g/mol. The first-order valence-corrected chi connectivity index (χ1v) is 7.39. The second-order valence-electron chi connectivity index (χ2n) is 4.03. The van der Waals surface area contributed by atoms with Gasteiger partial charge in [0.15, 0.2) is 28.6 Å². The molecule has 0 radical (unpaired) electrons. The van der Waals surface area contributed by atoms with Crippen LogP contribution in [-0.4, -0.2) is 25.4 Å². The Kier molecular flexibility index (Phi) is 6.26. The fourth-order valence-corrected chi connectivity index (χ4v) is 1.73. The maximum Gasteiger partial charge on any atom is 0.227 e. The van der Waals surface area contributed by atoms with Gasteiger partial charge in [0.25, 0.3) is 0 Å². The number of fused-ring (bicyclic) bond motifs is 1. The van der Waals surface area contributed by atoms with E-state index in [9.17, 15) is 20.4 Å². The van der Waals surface area contributed by atoms with Crippen LogP contribution < -0.4 is 0 Å². The molecule has 0 amide bonds. The van der Waals surface area contributed by atoms with E-state index in [1.54, 1.807) is 0 Å². The zero-order chi connectivity index (χ0) is 17.6. The molecule has 3 aromatic rings. The van der Waals surface area contributed by atoms with Crippen molar-refractivity contribution in [2.45, 2.75) is 27.7 Å². The Labute approximate surface area is 134 Å². The van der Waals surface area contributed by atoms with Crippen LogP contribution in [-0.2, 0) is 0 Å². The zero-order valence-corrected chi connectivity index (χ0v) is 13.5. The van der Waals surface area contributed by atoms with E-state index in [-0.39, 0.29) is 28.9 Å². The van der Waals surface area contributed by atoms with Crippen LogP contribution in [0.5, 0.6) is 23.0 Å². The van der Waals surface area contributed by atoms with E-state index in [4.69, 9.17) is 4.42 Å². The summed E-state index contributed by atoms with van der Waals surface area (Å²) in [7, 11) is 0. The predicted molar refractivity (Wildman–Crippen MR) is 88.8 cm³/mol. The van der Waals surface area contributed by atoms with Gasteiger partial charge in [0.1, 0.15) is 5.52 Å². The Morgan fingerprint density at radius 1 is 0.739 bits per heavy atom. The van der Waals surface area contributed by atoms with Gasteiger partial charge >= 0.3 is 0 Å². The lowest BCUT2D eigenvalue weighted by Crippen LogP contribution is -1.77. The van der Waals surface area contributed by atoms with E-state index in [2.05, 4.69) is 4.98 Å². The standard InChI is InChI=1S/C13H9NO5.2C2H6/c15-8-2-1-6(3-9(8)16)13-14-7-4-10(17)11(18)5-12(7)19-13;2*1-2/h1-5,15-18H;2*1-2H3. The van der Waals surface area contributed by atoms with Gasteiger partial charge < -0.3 is 24.8 Å². The van der Waals surface area contributed by atoms with Gasteiger partial charge in [-0.25, -0.2) is 4.98 Å². The molecule has 0 atom stereocenters. The number of phenolic OH excluding ortho intramolecular Hbond substituents is 4. The molecule has 1 aromatic heterocycles. The highest BCUT2D eigenvalue weighted by molar-refractivity contribution is 5.80. The first-order chi connectivity index (χ1) is 11.0. The van der Waals surface area contributed by atoms with Crippen LogP contribution in [0.2, 0.25) is 0 Å². The Morgan fingerprint density at radius 3 is 1.91 bits per heavy atom. The first kappa shape index (κ1) is 18.2. The van der Waals surface area contributed by atoms with Crippen LogP contribution in [0, 0.1) is 0 Å². The van der Waals surface area contributed by atoms with Gasteiger partial charge in [-0.3, -0.25) is 0 Å². The Hall–Kier alpha value is -2.89. The van der Waals surface area contributed by atoms with Crippen molar-refractivity contribution in [3.63, 3.8) is 0 Å². The molecule has 0 bridgehead atoms. The molecule has 0 aliphatic rings. The maximum atomic E-state index is 9.43. The Morgan fingerprint density at radius 2 is 1.30 bits per heavy atom. The smallest absolute Gasteiger partial charge is 0.227 e. The lowest BCUT2D eigenvalue weighted by molar-refractivity contribution is 0.403. The van der Waals surface area contributed by atoms with Gasteiger partial charge in [0.2, 0.25) is 5.89 Å². The van der Waals surface area contributed by atoms with E-state index in [1.807, 2.05) is 27.7 Å². The molecule has 0 spiro atoms. The average Bonchev–Trinajstić information content (AvgIpc) is 2.97. The molecule has 0 aliphatic heterocycles. The number of aromatic nitrogens is 1. The van der Waals surface area contributed by atoms with E-state index in [0.717, 1.165) is 0 Å². The third kappa shape index (κ3) is 3.85. The molecule has 0 unspecified atom stereocenters. The number of nitrogens with zero attached hydrogens (tertiary/aromatic N) is 1. The fraction of sp³-hybridized carbons (Fsp3) is 0.235. The lowest BCUT2D eigenvalue weighted by atomic mass is 10.2. The van der Waals surface area contributed by atoms with Crippen molar-refractivity contribution in [2.24, 2.45) is 0 Å². The third-order valence-corrected chi connectivity index (χ3v) is 2.71. The number of hydrogen-bond donors (Lipinski definition) is 4. The molecule has 0 aliphatic carbocycles. The van der Waals surface area contributed by atoms with Crippen LogP contribution in [0.15, 0.2) is 34.7 Å². The van der Waals surface area contributed by atoms with Gasteiger partial charge in [0.05, 0.1) is 0 Å². The highest BCUT2D eigenvalue weighted by atomic mass is 16.4. The molecule has 2 aromatic carbocycles. The normalized spacial score (nSPS) is 9.57. The fourth-order valence-electron chi connectivity index (χ4n) is 1.73. The van der Waals surface area contributed by atoms with Crippen LogP contribution in [0.4, 0.5) is 0 Å². The summed E-state index contributed by atoms with van der Waals surface area (Å²) in [5.74, 6) is -0.916. The molecule has 0 saturated carbocycles. The molecule has 124 valence electrons. The molecule has 0 saturated heterocycles. The molecule has 6 heteroatoms. The monoisotopic (exact) mass is 319 g/mol. The molecule has 23 heavy (non-hydrogen) atoms. The van der Waals surface area contributed by atoms with E-state index >= 15 is 0 Å². The molecule has 4 N–H and O–H groups in total. The number of phenols is 4. The minimum atomic E-state index is -0.302. The van der Waals surface area contributed by atoms with Crippen molar-refractivity contribution in [1.29, 1.82) is 0 Å². The van der Waals surface area contributed by atoms with Crippen LogP contribution in [0.25, 0.3) is 22.6 Å². The predicted octanol–water partition coefficient (Wildman–Crippen LogP) is 4.37. The Bertz CT molecular complexity index is 741. The van der Waals surface area contributed by atoms with Crippen molar-refractivity contribution < 1.29 is 24.8 Å². The number of oxazole rings is 1. The zero-order valence-electron chi connectivity index (χ0n) is 13.5. The summed E-state index contributed by atoms with van der Waals surface area (Å²) in [5, 5.41) is 37.4. The van der Waals surface area contributed by atoms with Crippen LogP contribution in [0.3, 0.4) is 0 Å². The third-order valence-electron chi connectivity index (χ3n) is 2.71. The number of aromatic hydroxyl groups is 4. The second-order valence-corrected chi connectivity index (χ2v) is 4.03. The Balaban J connectivity index is 0.000000615. The molecule has 3 rings (SSSR count). The summed E-state index contributed by atoms with van der Waals surface area (Å²) in [4.78, 5) is 4.13. The van der Waals surface area contributed by atoms with Crippen molar-refractivity contribution in [1.82, 2.24) is 4.98 Å².